The predicted octanol–water partition coefficient (Wildman–Crippen LogP) is 4.81. The monoisotopic (exact) mass is 366 g/mol. The second kappa shape index (κ2) is 8.82. The number of carbonyl (C=O) groups excluding carboxylic acids is 1. The fourth-order valence-corrected chi connectivity index (χ4v) is 2.80. The van der Waals surface area contributed by atoms with Crippen LogP contribution in [-0.4, -0.2) is 18.8 Å². The molecule has 26 heavy (non-hydrogen) atoms. The van der Waals surface area contributed by atoms with E-state index >= 15 is 0 Å². The molecule has 0 saturated heterocycles. The molecule has 132 valence electrons. The molecule has 0 aliphatic heterocycles. The summed E-state index contributed by atoms with van der Waals surface area (Å²) in [5.74, 6) is 0.493. The number of anilines is 1. The van der Waals surface area contributed by atoms with Crippen LogP contribution in [0.4, 0.5) is 5.69 Å². The molecule has 0 saturated carbocycles. The number of rotatable bonds is 7. The summed E-state index contributed by atoms with van der Waals surface area (Å²) in [5, 5.41) is 6.04. The van der Waals surface area contributed by atoms with Crippen LogP contribution in [0.25, 0.3) is 0 Å². The Morgan fingerprint density at radius 3 is 2.69 bits per heavy atom. The Morgan fingerprint density at radius 1 is 1.12 bits per heavy atom. The van der Waals surface area contributed by atoms with Gasteiger partial charge in [-0.25, -0.2) is 4.79 Å². The van der Waals surface area contributed by atoms with Gasteiger partial charge in [0, 0.05) is 0 Å². The maximum absolute atomic E-state index is 12.1. The molecule has 2 aromatic carbocycles. The number of thiophene rings is 1. The molecule has 0 fully saturated rings. The van der Waals surface area contributed by atoms with Gasteiger partial charge < -0.3 is 9.47 Å². The first-order chi connectivity index (χ1) is 12.8. The first kappa shape index (κ1) is 17.7. The number of hydrazone groups is 1. The van der Waals surface area contributed by atoms with E-state index in [0.717, 1.165) is 11.3 Å². The third-order valence-corrected chi connectivity index (χ3v) is 4.22. The van der Waals surface area contributed by atoms with Gasteiger partial charge in [0.15, 0.2) is 11.5 Å². The van der Waals surface area contributed by atoms with Gasteiger partial charge in [0.25, 0.3) is 0 Å². The smallest absolute Gasteiger partial charge is 0.353 e. The zero-order valence-corrected chi connectivity index (χ0v) is 15.0. The molecule has 0 aliphatic carbocycles. The van der Waals surface area contributed by atoms with E-state index in [2.05, 4.69) is 10.5 Å². The lowest BCUT2D eigenvalue weighted by Crippen LogP contribution is -2.08. The maximum atomic E-state index is 12.1. The summed E-state index contributed by atoms with van der Waals surface area (Å²) in [6, 6.07) is 18.5. The van der Waals surface area contributed by atoms with Gasteiger partial charge in [-0.2, -0.15) is 5.10 Å². The SMILES string of the molecule is CCOc1cc(C=NNc2ccccc2)ccc1OC(=O)c1cccs1. The van der Waals surface area contributed by atoms with Crippen molar-refractivity contribution in [3.8, 4) is 11.5 Å². The van der Waals surface area contributed by atoms with Gasteiger partial charge in [-0.1, -0.05) is 24.3 Å². The maximum Gasteiger partial charge on any atom is 0.353 e. The molecule has 0 unspecified atom stereocenters. The molecule has 1 N–H and O–H groups in total. The largest absolute Gasteiger partial charge is 0.490 e. The molecule has 6 heteroatoms. The Kier molecular flexibility index (Phi) is 6.01. The standard InChI is InChI=1S/C20H18N2O3S/c1-2-24-18-13-15(14-21-22-16-7-4-3-5-8-16)10-11-17(18)25-20(23)19-9-6-12-26-19/h3-14,22H,2H2,1H3. The third-order valence-electron chi connectivity index (χ3n) is 3.37. The van der Waals surface area contributed by atoms with E-state index < -0.39 is 5.97 Å². The average molecular weight is 366 g/mol. The second-order valence-electron chi connectivity index (χ2n) is 5.24. The van der Waals surface area contributed by atoms with Crippen LogP contribution in [0, 0.1) is 0 Å². The number of hydrogen-bond donors (Lipinski definition) is 1. The third kappa shape index (κ3) is 4.70. The van der Waals surface area contributed by atoms with Crippen molar-refractivity contribution in [2.45, 2.75) is 6.92 Å². The second-order valence-corrected chi connectivity index (χ2v) is 6.19. The van der Waals surface area contributed by atoms with Crippen LogP contribution in [0.5, 0.6) is 11.5 Å². The number of benzene rings is 2. The van der Waals surface area contributed by atoms with E-state index in [1.54, 1.807) is 24.4 Å². The zero-order valence-electron chi connectivity index (χ0n) is 14.2. The Hall–Kier alpha value is -3.12. The van der Waals surface area contributed by atoms with Gasteiger partial charge in [-0.15, -0.1) is 11.3 Å². The lowest BCUT2D eigenvalue weighted by Gasteiger charge is -2.10. The minimum Gasteiger partial charge on any atom is -0.490 e. The quantitative estimate of drug-likeness (QED) is 0.282. The van der Waals surface area contributed by atoms with Gasteiger partial charge in [-0.05, 0) is 54.3 Å². The van der Waals surface area contributed by atoms with Crippen molar-refractivity contribution in [1.82, 2.24) is 0 Å². The molecule has 0 spiro atoms. The van der Waals surface area contributed by atoms with Crippen LogP contribution >= 0.6 is 11.3 Å². The van der Waals surface area contributed by atoms with Crippen LogP contribution in [0.1, 0.15) is 22.2 Å². The highest BCUT2D eigenvalue weighted by molar-refractivity contribution is 7.12. The van der Waals surface area contributed by atoms with E-state index in [9.17, 15) is 4.79 Å². The minimum absolute atomic E-state index is 0.387. The summed E-state index contributed by atoms with van der Waals surface area (Å²) in [6.45, 7) is 2.34. The molecule has 0 bridgehead atoms. The number of esters is 1. The molecule has 0 aliphatic rings. The molecule has 1 heterocycles. The molecule has 3 aromatic rings. The highest BCUT2D eigenvalue weighted by atomic mass is 32.1. The first-order valence-corrected chi connectivity index (χ1v) is 9.01. The molecule has 0 amide bonds. The highest BCUT2D eigenvalue weighted by Crippen LogP contribution is 2.29. The fraction of sp³-hybridized carbons (Fsp3) is 0.100. The van der Waals surface area contributed by atoms with Gasteiger partial charge in [0.1, 0.15) is 4.88 Å². The molecular weight excluding hydrogens is 348 g/mol. The summed E-state index contributed by atoms with van der Waals surface area (Å²) in [7, 11) is 0. The Labute approximate surface area is 155 Å². The Morgan fingerprint density at radius 2 is 1.96 bits per heavy atom. The summed E-state index contributed by atoms with van der Waals surface area (Å²) in [6.07, 6.45) is 1.68. The minimum atomic E-state index is -0.395. The van der Waals surface area contributed by atoms with Crippen LogP contribution < -0.4 is 14.9 Å². The summed E-state index contributed by atoms with van der Waals surface area (Å²) in [5.41, 5.74) is 4.68. The zero-order chi connectivity index (χ0) is 18.2. The Balaban J connectivity index is 1.72. The van der Waals surface area contributed by atoms with E-state index in [0.29, 0.717) is 23.0 Å². The lowest BCUT2D eigenvalue weighted by molar-refractivity contribution is 0.0733. The fourth-order valence-electron chi connectivity index (χ4n) is 2.20. The van der Waals surface area contributed by atoms with E-state index in [1.165, 1.54) is 11.3 Å². The first-order valence-electron chi connectivity index (χ1n) is 8.13. The van der Waals surface area contributed by atoms with Crippen molar-refractivity contribution < 1.29 is 14.3 Å². The summed E-state index contributed by atoms with van der Waals surface area (Å²) < 4.78 is 11.1. The van der Waals surface area contributed by atoms with Crippen molar-refractivity contribution in [3.63, 3.8) is 0 Å². The van der Waals surface area contributed by atoms with E-state index in [1.807, 2.05) is 54.8 Å². The van der Waals surface area contributed by atoms with Crippen molar-refractivity contribution in [1.29, 1.82) is 0 Å². The number of para-hydroxylation sites is 1. The normalized spacial score (nSPS) is 10.7. The van der Waals surface area contributed by atoms with E-state index in [4.69, 9.17) is 9.47 Å². The number of nitrogens with one attached hydrogen (secondary N) is 1. The lowest BCUT2D eigenvalue weighted by atomic mass is 10.2. The molecule has 1 aromatic heterocycles. The summed E-state index contributed by atoms with van der Waals surface area (Å²) in [4.78, 5) is 12.7. The van der Waals surface area contributed by atoms with Crippen LogP contribution in [-0.2, 0) is 0 Å². The highest BCUT2D eigenvalue weighted by Gasteiger charge is 2.13. The van der Waals surface area contributed by atoms with Gasteiger partial charge in [-0.3, -0.25) is 5.43 Å². The Bertz CT molecular complexity index is 877. The van der Waals surface area contributed by atoms with Gasteiger partial charge in [0.2, 0.25) is 0 Å². The number of hydrogen-bond acceptors (Lipinski definition) is 6. The van der Waals surface area contributed by atoms with Crippen molar-refractivity contribution in [3.05, 3.63) is 76.5 Å². The van der Waals surface area contributed by atoms with Crippen LogP contribution in [0.2, 0.25) is 0 Å². The molecule has 3 rings (SSSR count). The van der Waals surface area contributed by atoms with Crippen LogP contribution in [0.3, 0.4) is 0 Å². The molecular formula is C20H18N2O3S. The predicted molar refractivity (Wildman–Crippen MR) is 105 cm³/mol. The molecule has 0 atom stereocenters. The van der Waals surface area contributed by atoms with Crippen molar-refractivity contribution in [2.75, 3.05) is 12.0 Å². The van der Waals surface area contributed by atoms with Crippen molar-refractivity contribution >= 4 is 29.2 Å². The van der Waals surface area contributed by atoms with E-state index in [-0.39, 0.29) is 0 Å². The number of carbonyl (C=O) groups is 1. The molecule has 5 nitrogen and oxygen atoms in total. The molecule has 0 radical (unpaired) electrons. The summed E-state index contributed by atoms with van der Waals surface area (Å²) >= 11 is 1.34. The number of nitrogens with zero attached hydrogens (tertiary/aromatic N) is 1. The van der Waals surface area contributed by atoms with Gasteiger partial charge in [0.05, 0.1) is 18.5 Å². The van der Waals surface area contributed by atoms with Gasteiger partial charge >= 0.3 is 5.97 Å². The number of ether oxygens (including phenoxy) is 2. The van der Waals surface area contributed by atoms with Crippen molar-refractivity contribution in [2.24, 2.45) is 5.10 Å². The topological polar surface area (TPSA) is 59.9 Å². The van der Waals surface area contributed by atoms with Crippen LogP contribution in [0.15, 0.2) is 71.1 Å². The average Bonchev–Trinajstić information content (AvgIpc) is 3.20.